The molecule has 1 aliphatic carbocycles. The molecule has 1 heterocycles. The molecular weight excluding hydrogens is 192 g/mol. The van der Waals surface area contributed by atoms with E-state index < -0.39 is 6.10 Å². The minimum absolute atomic E-state index is 0.224. The predicted molar refractivity (Wildman–Crippen MR) is 57.5 cm³/mol. The van der Waals surface area contributed by atoms with Gasteiger partial charge in [0.15, 0.2) is 6.29 Å². The summed E-state index contributed by atoms with van der Waals surface area (Å²) in [6.07, 6.45) is 7.55. The van der Waals surface area contributed by atoms with Gasteiger partial charge in [0.25, 0.3) is 0 Å². The largest absolute Gasteiger partial charge is 0.388 e. The van der Waals surface area contributed by atoms with Crippen molar-refractivity contribution < 1.29 is 14.6 Å². The van der Waals surface area contributed by atoms with Crippen LogP contribution in [0.2, 0.25) is 0 Å². The van der Waals surface area contributed by atoms with Crippen LogP contribution in [-0.2, 0) is 9.47 Å². The summed E-state index contributed by atoms with van der Waals surface area (Å²) in [6.45, 7) is 2.04. The van der Waals surface area contributed by atoms with Crippen molar-refractivity contribution in [3.63, 3.8) is 0 Å². The molecule has 0 aromatic carbocycles. The Morgan fingerprint density at radius 3 is 2.53 bits per heavy atom. The molecule has 1 saturated heterocycles. The molecule has 1 saturated carbocycles. The number of rotatable bonds is 2. The molecule has 0 bridgehead atoms. The van der Waals surface area contributed by atoms with Gasteiger partial charge < -0.3 is 14.6 Å². The minimum atomic E-state index is -0.428. The zero-order valence-electron chi connectivity index (χ0n) is 9.52. The normalized spacial score (nSPS) is 39.2. The lowest BCUT2D eigenvalue weighted by Crippen LogP contribution is -2.42. The van der Waals surface area contributed by atoms with Gasteiger partial charge in [-0.25, -0.2) is 0 Å². The summed E-state index contributed by atoms with van der Waals surface area (Å²) >= 11 is 0. The number of aliphatic hydroxyl groups is 1. The fraction of sp³-hybridized carbons (Fsp3) is 1.00. The van der Waals surface area contributed by atoms with Crippen molar-refractivity contribution >= 4 is 0 Å². The van der Waals surface area contributed by atoms with E-state index in [4.69, 9.17) is 9.47 Å². The Bertz CT molecular complexity index is 189. The molecule has 3 heteroatoms. The molecule has 2 fully saturated rings. The lowest BCUT2D eigenvalue weighted by molar-refractivity contribution is -0.256. The molecule has 0 spiro atoms. The first-order valence-electron chi connectivity index (χ1n) is 6.24. The van der Waals surface area contributed by atoms with E-state index in [0.29, 0.717) is 6.10 Å². The summed E-state index contributed by atoms with van der Waals surface area (Å²) in [6, 6.07) is 0. The summed E-state index contributed by atoms with van der Waals surface area (Å²) in [7, 11) is 0. The number of hydrogen-bond acceptors (Lipinski definition) is 3. The molecule has 2 aliphatic rings. The van der Waals surface area contributed by atoms with Crippen LogP contribution < -0.4 is 0 Å². The number of aliphatic hydroxyl groups excluding tert-OH is 1. The summed E-state index contributed by atoms with van der Waals surface area (Å²) in [5.41, 5.74) is 0. The molecule has 88 valence electrons. The second-order valence-electron chi connectivity index (χ2n) is 4.86. The first-order chi connectivity index (χ1) is 7.25. The summed E-state index contributed by atoms with van der Waals surface area (Å²) in [5.74, 6) is 0. The van der Waals surface area contributed by atoms with Crippen molar-refractivity contribution in [3.8, 4) is 0 Å². The van der Waals surface area contributed by atoms with Gasteiger partial charge >= 0.3 is 0 Å². The molecule has 1 N–H and O–H groups in total. The first-order valence-corrected chi connectivity index (χ1v) is 6.24. The number of hydrogen-bond donors (Lipinski definition) is 1. The lowest BCUT2D eigenvalue weighted by Gasteiger charge is -2.35. The molecule has 3 nitrogen and oxygen atoms in total. The van der Waals surface area contributed by atoms with E-state index in [0.717, 1.165) is 25.7 Å². The second kappa shape index (κ2) is 5.28. The van der Waals surface area contributed by atoms with E-state index in [1.807, 2.05) is 6.92 Å². The van der Waals surface area contributed by atoms with Gasteiger partial charge in [-0.05, 0) is 32.6 Å². The van der Waals surface area contributed by atoms with E-state index in [9.17, 15) is 5.11 Å². The Labute approximate surface area is 91.8 Å². The zero-order valence-corrected chi connectivity index (χ0v) is 9.52. The molecule has 0 aromatic heterocycles. The molecular formula is C12H22O3. The van der Waals surface area contributed by atoms with E-state index >= 15 is 0 Å². The van der Waals surface area contributed by atoms with E-state index in [1.165, 1.54) is 19.3 Å². The second-order valence-corrected chi connectivity index (χ2v) is 4.86. The molecule has 3 atom stereocenters. The van der Waals surface area contributed by atoms with Crippen molar-refractivity contribution in [1.29, 1.82) is 0 Å². The van der Waals surface area contributed by atoms with Crippen molar-refractivity contribution in [2.75, 3.05) is 0 Å². The molecule has 0 amide bonds. The maximum absolute atomic E-state index is 9.77. The highest BCUT2D eigenvalue weighted by atomic mass is 16.7. The highest BCUT2D eigenvalue weighted by Crippen LogP contribution is 2.26. The Morgan fingerprint density at radius 2 is 1.80 bits per heavy atom. The maximum atomic E-state index is 9.77. The topological polar surface area (TPSA) is 38.7 Å². The third-order valence-corrected chi connectivity index (χ3v) is 3.43. The third-order valence-electron chi connectivity index (χ3n) is 3.43. The van der Waals surface area contributed by atoms with Gasteiger partial charge in [0.05, 0.1) is 12.2 Å². The molecule has 1 aliphatic heterocycles. The van der Waals surface area contributed by atoms with Crippen LogP contribution in [0.5, 0.6) is 0 Å². The Hall–Kier alpha value is -0.120. The van der Waals surface area contributed by atoms with Crippen LogP contribution in [0.4, 0.5) is 0 Å². The van der Waals surface area contributed by atoms with Gasteiger partial charge in [0.1, 0.15) is 6.10 Å². The van der Waals surface area contributed by atoms with Gasteiger partial charge in [0.2, 0.25) is 0 Å². The average molecular weight is 214 g/mol. The number of ether oxygens (including phenoxy) is 2. The van der Waals surface area contributed by atoms with Gasteiger partial charge in [0, 0.05) is 0 Å². The molecule has 0 unspecified atom stereocenters. The fourth-order valence-electron chi connectivity index (χ4n) is 2.44. The standard InChI is InChI=1S/C12H22O3/c1-9-7-8-11(13)12(14-9)15-10-5-3-2-4-6-10/h9-13H,2-8H2,1H3/t9-,11-,12-/m0/s1. The van der Waals surface area contributed by atoms with Gasteiger partial charge in [-0.2, -0.15) is 0 Å². The zero-order chi connectivity index (χ0) is 10.7. The van der Waals surface area contributed by atoms with Crippen molar-refractivity contribution in [2.24, 2.45) is 0 Å². The van der Waals surface area contributed by atoms with Crippen LogP contribution in [-0.4, -0.2) is 29.7 Å². The minimum Gasteiger partial charge on any atom is -0.388 e. The monoisotopic (exact) mass is 214 g/mol. The highest BCUT2D eigenvalue weighted by molar-refractivity contribution is 4.73. The fourth-order valence-corrected chi connectivity index (χ4v) is 2.44. The predicted octanol–water partition coefficient (Wildman–Crippen LogP) is 2.22. The van der Waals surface area contributed by atoms with E-state index in [1.54, 1.807) is 0 Å². The average Bonchev–Trinajstić information content (AvgIpc) is 2.25. The first kappa shape index (κ1) is 11.4. The van der Waals surface area contributed by atoms with Crippen LogP contribution in [0, 0.1) is 0 Å². The molecule has 0 aromatic rings. The van der Waals surface area contributed by atoms with E-state index in [2.05, 4.69) is 0 Å². The van der Waals surface area contributed by atoms with Gasteiger partial charge in [-0.3, -0.25) is 0 Å². The van der Waals surface area contributed by atoms with Crippen LogP contribution in [0.15, 0.2) is 0 Å². The van der Waals surface area contributed by atoms with Gasteiger partial charge in [-0.15, -0.1) is 0 Å². The maximum Gasteiger partial charge on any atom is 0.184 e. The third kappa shape index (κ3) is 3.16. The van der Waals surface area contributed by atoms with Crippen molar-refractivity contribution in [2.45, 2.75) is 76.5 Å². The SMILES string of the molecule is C[C@H]1CC[C@H](O)[C@H](OC2CCCCC2)O1. The molecule has 2 rings (SSSR count). The molecule has 15 heavy (non-hydrogen) atoms. The Kier molecular flexibility index (Phi) is 4.00. The van der Waals surface area contributed by atoms with Gasteiger partial charge in [-0.1, -0.05) is 19.3 Å². The van der Waals surface area contributed by atoms with Crippen LogP contribution in [0.25, 0.3) is 0 Å². The van der Waals surface area contributed by atoms with Crippen LogP contribution >= 0.6 is 0 Å². The summed E-state index contributed by atoms with van der Waals surface area (Å²) in [4.78, 5) is 0. The van der Waals surface area contributed by atoms with Crippen molar-refractivity contribution in [1.82, 2.24) is 0 Å². The Balaban J connectivity index is 1.80. The quantitative estimate of drug-likeness (QED) is 0.766. The lowest BCUT2D eigenvalue weighted by atomic mass is 9.97. The highest BCUT2D eigenvalue weighted by Gasteiger charge is 2.31. The van der Waals surface area contributed by atoms with Crippen LogP contribution in [0.1, 0.15) is 51.9 Å². The molecule has 0 radical (unpaired) electrons. The van der Waals surface area contributed by atoms with E-state index in [-0.39, 0.29) is 12.4 Å². The smallest absolute Gasteiger partial charge is 0.184 e. The summed E-state index contributed by atoms with van der Waals surface area (Å²) < 4.78 is 11.5. The van der Waals surface area contributed by atoms with Crippen LogP contribution in [0.3, 0.4) is 0 Å². The summed E-state index contributed by atoms with van der Waals surface area (Å²) in [5, 5.41) is 9.77. The van der Waals surface area contributed by atoms with Crippen molar-refractivity contribution in [3.05, 3.63) is 0 Å². The Morgan fingerprint density at radius 1 is 1.07 bits per heavy atom.